The summed E-state index contributed by atoms with van der Waals surface area (Å²) in [7, 11) is -4.65. The lowest BCUT2D eigenvalue weighted by atomic mass is 10.1. The van der Waals surface area contributed by atoms with E-state index in [4.69, 9.17) is 0 Å². The molecule has 14 heteroatoms. The number of ether oxygens (including phenoxy) is 1. The molecule has 2 aromatic rings. The van der Waals surface area contributed by atoms with Gasteiger partial charge in [0.1, 0.15) is 16.4 Å². The zero-order valence-corrected chi connectivity index (χ0v) is 20.3. The van der Waals surface area contributed by atoms with Gasteiger partial charge < -0.3 is 25.4 Å². The minimum Gasteiger partial charge on any atom is -0.506 e. The van der Waals surface area contributed by atoms with Gasteiger partial charge in [-0.2, -0.15) is 0 Å². The van der Waals surface area contributed by atoms with Gasteiger partial charge in [-0.3, -0.25) is 9.52 Å². The Kier molecular flexibility index (Phi) is 8.66. The summed E-state index contributed by atoms with van der Waals surface area (Å²) < 4.78 is 70.2. The van der Waals surface area contributed by atoms with Crippen LogP contribution >= 0.6 is 15.9 Å². The first-order valence-corrected chi connectivity index (χ1v) is 12.1. The van der Waals surface area contributed by atoms with Gasteiger partial charge in [0.15, 0.2) is 5.75 Å². The van der Waals surface area contributed by atoms with Crippen molar-refractivity contribution in [3.8, 4) is 17.2 Å². The van der Waals surface area contributed by atoms with Crippen LogP contribution in [-0.4, -0.2) is 48.7 Å². The van der Waals surface area contributed by atoms with E-state index in [-0.39, 0.29) is 24.9 Å². The SMILES string of the molecule is CCc1cc(Br)cc(S(=O)(=O)Nc2cc(OC(F)(F)F)cc(C(=O)NCC(O)CC)c2O)c1O. The van der Waals surface area contributed by atoms with E-state index in [9.17, 15) is 41.7 Å². The number of rotatable bonds is 9. The number of phenolic OH excluding ortho intramolecular Hbond substituents is 2. The molecule has 34 heavy (non-hydrogen) atoms. The predicted molar refractivity (Wildman–Crippen MR) is 119 cm³/mol. The van der Waals surface area contributed by atoms with Gasteiger partial charge in [-0.15, -0.1) is 13.2 Å². The molecule has 2 rings (SSSR count). The maximum Gasteiger partial charge on any atom is 0.573 e. The fourth-order valence-electron chi connectivity index (χ4n) is 2.80. The highest BCUT2D eigenvalue weighted by molar-refractivity contribution is 9.10. The second kappa shape index (κ2) is 10.7. The van der Waals surface area contributed by atoms with Crippen LogP contribution in [0.2, 0.25) is 0 Å². The van der Waals surface area contributed by atoms with Gasteiger partial charge in [0.2, 0.25) is 0 Å². The second-order valence-corrected chi connectivity index (χ2v) is 9.62. The number of hydrogen-bond donors (Lipinski definition) is 5. The van der Waals surface area contributed by atoms with Crippen molar-refractivity contribution in [1.29, 1.82) is 0 Å². The van der Waals surface area contributed by atoms with Crippen LogP contribution in [0.3, 0.4) is 0 Å². The van der Waals surface area contributed by atoms with Crippen LogP contribution in [0.15, 0.2) is 33.6 Å². The number of benzene rings is 2. The van der Waals surface area contributed by atoms with E-state index in [2.05, 4.69) is 26.0 Å². The molecule has 0 saturated carbocycles. The smallest absolute Gasteiger partial charge is 0.506 e. The number of aryl methyl sites for hydroxylation is 1. The molecule has 1 unspecified atom stereocenters. The number of aliphatic hydroxyl groups excluding tert-OH is 1. The number of sulfonamides is 1. The highest BCUT2D eigenvalue weighted by Crippen LogP contribution is 2.38. The topological polar surface area (TPSA) is 145 Å². The lowest BCUT2D eigenvalue weighted by Crippen LogP contribution is -2.32. The number of alkyl halides is 3. The summed E-state index contributed by atoms with van der Waals surface area (Å²) in [6.45, 7) is 3.02. The van der Waals surface area contributed by atoms with Gasteiger partial charge in [0.05, 0.1) is 17.4 Å². The maximum atomic E-state index is 12.9. The largest absolute Gasteiger partial charge is 0.573 e. The Morgan fingerprint density at radius 3 is 2.35 bits per heavy atom. The second-order valence-electron chi connectivity index (χ2n) is 7.06. The van der Waals surface area contributed by atoms with E-state index in [1.54, 1.807) is 13.8 Å². The summed E-state index contributed by atoms with van der Waals surface area (Å²) >= 11 is 3.12. The Balaban J connectivity index is 2.56. The third-order valence-electron chi connectivity index (χ3n) is 4.56. The molecule has 0 heterocycles. The molecule has 0 fully saturated rings. The van der Waals surface area contributed by atoms with Crippen molar-refractivity contribution < 1.29 is 46.4 Å². The van der Waals surface area contributed by atoms with Crippen molar-refractivity contribution in [1.82, 2.24) is 5.32 Å². The summed E-state index contributed by atoms with van der Waals surface area (Å²) in [6, 6.07) is 3.65. The maximum absolute atomic E-state index is 12.9. The third-order valence-corrected chi connectivity index (χ3v) is 6.40. The Morgan fingerprint density at radius 1 is 1.15 bits per heavy atom. The number of anilines is 1. The van der Waals surface area contributed by atoms with Crippen molar-refractivity contribution in [2.45, 2.75) is 44.1 Å². The highest BCUT2D eigenvalue weighted by Gasteiger charge is 2.33. The van der Waals surface area contributed by atoms with Crippen molar-refractivity contribution >= 4 is 37.5 Å². The Labute approximate surface area is 201 Å². The summed E-state index contributed by atoms with van der Waals surface area (Å²) in [5.41, 5.74) is -1.28. The van der Waals surface area contributed by atoms with Crippen LogP contribution in [0.4, 0.5) is 18.9 Å². The number of halogens is 4. The lowest BCUT2D eigenvalue weighted by molar-refractivity contribution is -0.274. The molecule has 0 radical (unpaired) electrons. The summed E-state index contributed by atoms with van der Waals surface area (Å²) in [5.74, 6) is -3.66. The zero-order valence-electron chi connectivity index (χ0n) is 17.9. The number of hydrogen-bond acceptors (Lipinski definition) is 7. The molecule has 0 bridgehead atoms. The van der Waals surface area contributed by atoms with Crippen LogP contribution in [-0.2, 0) is 16.4 Å². The monoisotopic (exact) mass is 570 g/mol. The lowest BCUT2D eigenvalue weighted by Gasteiger charge is -2.17. The van der Waals surface area contributed by atoms with E-state index >= 15 is 0 Å². The predicted octanol–water partition coefficient (Wildman–Crippen LogP) is 3.62. The number of carbonyl (C=O) groups is 1. The van der Waals surface area contributed by atoms with Gasteiger partial charge >= 0.3 is 6.36 Å². The molecular formula is C20H22BrF3N2O7S. The number of nitrogens with one attached hydrogen (secondary N) is 2. The molecule has 1 atom stereocenters. The number of aliphatic hydroxyl groups is 1. The molecule has 2 aromatic carbocycles. The average molecular weight is 571 g/mol. The molecular weight excluding hydrogens is 549 g/mol. The van der Waals surface area contributed by atoms with Crippen molar-refractivity contribution in [3.05, 3.63) is 39.9 Å². The highest BCUT2D eigenvalue weighted by atomic mass is 79.9. The van der Waals surface area contributed by atoms with Gasteiger partial charge in [0, 0.05) is 17.1 Å². The molecule has 0 aliphatic carbocycles. The van der Waals surface area contributed by atoms with E-state index in [0.717, 1.165) is 6.07 Å². The van der Waals surface area contributed by atoms with E-state index in [0.29, 0.717) is 16.6 Å². The van der Waals surface area contributed by atoms with Gasteiger partial charge in [0.25, 0.3) is 15.9 Å². The van der Waals surface area contributed by atoms with Crippen LogP contribution in [0.1, 0.15) is 36.2 Å². The van der Waals surface area contributed by atoms with Crippen molar-refractivity contribution in [2.24, 2.45) is 0 Å². The number of aromatic hydroxyl groups is 2. The molecule has 0 aromatic heterocycles. The minimum absolute atomic E-state index is 0.266. The van der Waals surface area contributed by atoms with Gasteiger partial charge in [-0.25, -0.2) is 8.42 Å². The summed E-state index contributed by atoms with van der Waals surface area (Å²) in [5, 5.41) is 32.6. The molecule has 188 valence electrons. The van der Waals surface area contributed by atoms with E-state index in [1.807, 2.05) is 4.72 Å². The first-order chi connectivity index (χ1) is 15.7. The molecule has 0 spiro atoms. The molecule has 0 aliphatic heterocycles. The first kappa shape index (κ1) is 27.5. The van der Waals surface area contributed by atoms with Crippen LogP contribution in [0.5, 0.6) is 17.2 Å². The summed E-state index contributed by atoms with van der Waals surface area (Å²) in [6.07, 6.45) is -5.60. The molecule has 0 saturated heterocycles. The Bertz CT molecular complexity index is 1170. The molecule has 9 nitrogen and oxygen atoms in total. The standard InChI is InChI=1S/C20H22BrF3N2O7S/c1-3-10-5-11(21)6-16(17(10)28)34(31,32)26-15-8-13(33-20(22,23)24)7-14(18(15)29)19(30)25-9-12(27)4-2/h5-8,12,26-29H,3-4,9H2,1-2H3,(H,25,30). The Hall–Kier alpha value is -2.71. The van der Waals surface area contributed by atoms with Crippen LogP contribution < -0.4 is 14.8 Å². The van der Waals surface area contributed by atoms with E-state index in [1.165, 1.54) is 6.07 Å². The number of amides is 1. The normalized spacial score (nSPS) is 12.8. The fraction of sp³-hybridized carbons (Fsp3) is 0.350. The average Bonchev–Trinajstić information content (AvgIpc) is 2.73. The minimum atomic E-state index is -5.18. The van der Waals surface area contributed by atoms with Gasteiger partial charge in [-0.05, 0) is 36.6 Å². The molecule has 5 N–H and O–H groups in total. The van der Waals surface area contributed by atoms with Crippen LogP contribution in [0.25, 0.3) is 0 Å². The molecule has 0 aliphatic rings. The fourth-order valence-corrected chi connectivity index (χ4v) is 4.68. The van der Waals surface area contributed by atoms with E-state index < -0.39 is 61.8 Å². The summed E-state index contributed by atoms with van der Waals surface area (Å²) in [4.78, 5) is 11.8. The van der Waals surface area contributed by atoms with Crippen LogP contribution in [0, 0.1) is 0 Å². The zero-order chi connectivity index (χ0) is 25.8. The Morgan fingerprint density at radius 2 is 1.79 bits per heavy atom. The third kappa shape index (κ3) is 6.90. The number of phenols is 2. The van der Waals surface area contributed by atoms with Crippen molar-refractivity contribution in [2.75, 3.05) is 11.3 Å². The van der Waals surface area contributed by atoms with Gasteiger partial charge in [-0.1, -0.05) is 29.8 Å². The quantitative estimate of drug-likeness (QED) is 0.289. The number of carbonyl (C=O) groups excluding carboxylic acids is 1. The first-order valence-electron chi connectivity index (χ1n) is 9.81. The van der Waals surface area contributed by atoms with Crippen molar-refractivity contribution in [3.63, 3.8) is 0 Å². The molecule has 1 amide bonds.